The number of piperidine rings is 1. The number of carbonyl (C=O) groups excluding carboxylic acids is 1. The molecule has 1 aromatic heterocycles. The molecule has 10 nitrogen and oxygen atoms in total. The lowest BCUT2D eigenvalue weighted by molar-refractivity contribution is -0.384. The first-order chi connectivity index (χ1) is 13.3. The number of carbonyl (C=O) groups is 1. The average Bonchev–Trinajstić information content (AvgIpc) is 2.68. The first kappa shape index (κ1) is 19.7. The smallest absolute Gasteiger partial charge is 0.311 e. The summed E-state index contributed by atoms with van der Waals surface area (Å²) in [5.41, 5.74) is 0.417. The van der Waals surface area contributed by atoms with Gasteiger partial charge in [0.1, 0.15) is 0 Å². The number of benzene rings is 1. The van der Waals surface area contributed by atoms with Crippen molar-refractivity contribution in [2.75, 3.05) is 23.3 Å². The summed E-state index contributed by atoms with van der Waals surface area (Å²) in [6.07, 6.45) is 2.55. The molecule has 0 bridgehead atoms. The highest BCUT2D eigenvalue weighted by Crippen LogP contribution is 2.29. The van der Waals surface area contributed by atoms with Crippen molar-refractivity contribution in [2.24, 2.45) is 11.1 Å². The summed E-state index contributed by atoms with van der Waals surface area (Å²) < 4.78 is 22.5. The minimum atomic E-state index is -3.78. The number of nitrogens with one attached hydrogen (secondary N) is 1. The average molecular weight is 405 g/mol. The minimum absolute atomic E-state index is 0.0317. The first-order valence-electron chi connectivity index (χ1n) is 8.54. The van der Waals surface area contributed by atoms with Crippen LogP contribution in [0.4, 0.5) is 17.2 Å². The Hall–Kier alpha value is -3.05. The van der Waals surface area contributed by atoms with E-state index >= 15 is 0 Å². The summed E-state index contributed by atoms with van der Waals surface area (Å²) in [5, 5.41) is 19.0. The van der Waals surface area contributed by atoms with Crippen molar-refractivity contribution in [3.8, 4) is 0 Å². The van der Waals surface area contributed by atoms with E-state index in [1.54, 1.807) is 0 Å². The number of nitrogens with zero attached hydrogens (tertiary/aromatic N) is 3. The van der Waals surface area contributed by atoms with E-state index in [9.17, 15) is 23.3 Å². The van der Waals surface area contributed by atoms with Crippen molar-refractivity contribution in [1.29, 1.82) is 0 Å². The van der Waals surface area contributed by atoms with E-state index in [4.69, 9.17) is 5.14 Å². The predicted molar refractivity (Wildman–Crippen MR) is 102 cm³/mol. The van der Waals surface area contributed by atoms with Crippen molar-refractivity contribution in [1.82, 2.24) is 4.98 Å². The molecule has 1 aliphatic heterocycles. The van der Waals surface area contributed by atoms with Gasteiger partial charge in [0.05, 0.1) is 9.82 Å². The second-order valence-electron chi connectivity index (χ2n) is 6.42. The molecule has 148 valence electrons. The number of nitro groups is 1. The standard InChI is InChI=1S/C17H19N5O5S/c18-28(26,27)14-5-3-13(4-6-14)20-17(23)12-7-10-21(11-8-12)16-15(22(24)25)2-1-9-19-16/h1-6,9,12H,7-8,10-11H2,(H,20,23)(H2,18,26,27). The number of primary sulfonamides is 1. The highest BCUT2D eigenvalue weighted by Gasteiger charge is 2.29. The van der Waals surface area contributed by atoms with Crippen molar-refractivity contribution in [3.05, 3.63) is 52.7 Å². The molecule has 2 aromatic rings. The normalized spacial score (nSPS) is 15.2. The zero-order chi connectivity index (χ0) is 20.3. The van der Waals surface area contributed by atoms with Crippen molar-refractivity contribution < 1.29 is 18.1 Å². The summed E-state index contributed by atoms with van der Waals surface area (Å²) in [4.78, 5) is 29.1. The summed E-state index contributed by atoms with van der Waals surface area (Å²) >= 11 is 0. The van der Waals surface area contributed by atoms with E-state index in [-0.39, 0.29) is 22.4 Å². The fourth-order valence-electron chi connectivity index (χ4n) is 3.10. The zero-order valence-electron chi connectivity index (χ0n) is 14.8. The molecule has 0 spiro atoms. The molecule has 3 rings (SSSR count). The maximum atomic E-state index is 12.5. The molecule has 0 atom stereocenters. The van der Waals surface area contributed by atoms with Crippen LogP contribution in [-0.2, 0) is 14.8 Å². The van der Waals surface area contributed by atoms with Crippen LogP contribution in [0.3, 0.4) is 0 Å². The van der Waals surface area contributed by atoms with E-state index in [1.165, 1.54) is 42.6 Å². The Labute approximate surface area is 161 Å². The second-order valence-corrected chi connectivity index (χ2v) is 7.98. The highest BCUT2D eigenvalue weighted by molar-refractivity contribution is 7.89. The van der Waals surface area contributed by atoms with Gasteiger partial charge in [0.15, 0.2) is 0 Å². The molecule has 2 heterocycles. The highest BCUT2D eigenvalue weighted by atomic mass is 32.2. The Morgan fingerprint density at radius 1 is 1.21 bits per heavy atom. The molecule has 3 N–H and O–H groups in total. The molecule has 1 aliphatic rings. The number of nitrogens with two attached hydrogens (primary N) is 1. The number of sulfonamides is 1. The molecular weight excluding hydrogens is 386 g/mol. The number of hydrogen-bond acceptors (Lipinski definition) is 7. The summed E-state index contributed by atoms with van der Waals surface area (Å²) in [7, 11) is -3.78. The SMILES string of the molecule is NS(=O)(=O)c1ccc(NC(=O)C2CCN(c3ncccc3[N+](=O)[O-])CC2)cc1. The molecule has 0 saturated carbocycles. The van der Waals surface area contributed by atoms with Gasteiger partial charge in [0, 0.05) is 37.0 Å². The predicted octanol–water partition coefficient (Wildman–Crippen LogP) is 1.49. The van der Waals surface area contributed by atoms with Gasteiger partial charge in [-0.25, -0.2) is 18.5 Å². The number of rotatable bonds is 5. The van der Waals surface area contributed by atoms with Crippen LogP contribution in [0.2, 0.25) is 0 Å². The van der Waals surface area contributed by atoms with Crippen LogP contribution in [0.1, 0.15) is 12.8 Å². The van der Waals surface area contributed by atoms with Crippen LogP contribution in [0.5, 0.6) is 0 Å². The third-order valence-electron chi connectivity index (χ3n) is 4.58. The number of anilines is 2. The van der Waals surface area contributed by atoms with Gasteiger partial charge in [0.2, 0.25) is 21.7 Å². The summed E-state index contributed by atoms with van der Waals surface area (Å²) in [6, 6.07) is 8.53. The molecule has 0 aliphatic carbocycles. The first-order valence-corrected chi connectivity index (χ1v) is 10.1. The lowest BCUT2D eigenvalue weighted by Gasteiger charge is -2.31. The van der Waals surface area contributed by atoms with Crippen LogP contribution in [-0.4, -0.2) is 37.3 Å². The number of hydrogen-bond donors (Lipinski definition) is 2. The Morgan fingerprint density at radius 3 is 2.43 bits per heavy atom. The fraction of sp³-hybridized carbons (Fsp3) is 0.294. The van der Waals surface area contributed by atoms with Crippen LogP contribution in [0.15, 0.2) is 47.5 Å². The molecule has 11 heteroatoms. The van der Waals surface area contributed by atoms with Gasteiger partial charge in [-0.1, -0.05) is 0 Å². The maximum Gasteiger partial charge on any atom is 0.311 e. The van der Waals surface area contributed by atoms with Gasteiger partial charge in [-0.3, -0.25) is 14.9 Å². The van der Waals surface area contributed by atoms with E-state index in [0.29, 0.717) is 37.4 Å². The van der Waals surface area contributed by atoms with E-state index < -0.39 is 14.9 Å². The maximum absolute atomic E-state index is 12.5. The zero-order valence-corrected chi connectivity index (χ0v) is 15.6. The fourth-order valence-corrected chi connectivity index (χ4v) is 3.62. The van der Waals surface area contributed by atoms with Gasteiger partial charge in [0.25, 0.3) is 0 Å². The summed E-state index contributed by atoms with van der Waals surface area (Å²) in [5.74, 6) is -0.125. The van der Waals surface area contributed by atoms with Crippen LogP contribution in [0, 0.1) is 16.0 Å². The Bertz CT molecular complexity index is 985. The third-order valence-corrected chi connectivity index (χ3v) is 5.51. The van der Waals surface area contributed by atoms with E-state index in [0.717, 1.165) is 0 Å². The van der Waals surface area contributed by atoms with Crippen LogP contribution >= 0.6 is 0 Å². The van der Waals surface area contributed by atoms with Crippen molar-refractivity contribution >= 4 is 33.1 Å². The van der Waals surface area contributed by atoms with Gasteiger partial charge in [-0.15, -0.1) is 0 Å². The second kappa shape index (κ2) is 7.90. The van der Waals surface area contributed by atoms with E-state index in [1.807, 2.05) is 4.90 Å². The third kappa shape index (κ3) is 4.43. The molecule has 1 aromatic carbocycles. The molecule has 1 saturated heterocycles. The lowest BCUT2D eigenvalue weighted by Crippen LogP contribution is -2.38. The van der Waals surface area contributed by atoms with Gasteiger partial charge in [-0.05, 0) is 43.2 Å². The molecule has 28 heavy (non-hydrogen) atoms. The minimum Gasteiger partial charge on any atom is -0.351 e. The summed E-state index contributed by atoms with van der Waals surface area (Å²) in [6.45, 7) is 0.945. The number of pyridine rings is 1. The Kier molecular flexibility index (Phi) is 5.56. The Morgan fingerprint density at radius 2 is 1.86 bits per heavy atom. The van der Waals surface area contributed by atoms with Crippen molar-refractivity contribution in [3.63, 3.8) is 0 Å². The topological polar surface area (TPSA) is 149 Å². The van der Waals surface area contributed by atoms with Gasteiger partial charge >= 0.3 is 5.69 Å². The number of aromatic nitrogens is 1. The van der Waals surface area contributed by atoms with Gasteiger partial charge < -0.3 is 10.2 Å². The van der Waals surface area contributed by atoms with Crippen molar-refractivity contribution in [2.45, 2.75) is 17.7 Å². The van der Waals surface area contributed by atoms with Crippen LogP contribution in [0.25, 0.3) is 0 Å². The largest absolute Gasteiger partial charge is 0.351 e. The van der Waals surface area contributed by atoms with Crippen LogP contribution < -0.4 is 15.4 Å². The van der Waals surface area contributed by atoms with E-state index in [2.05, 4.69) is 10.3 Å². The monoisotopic (exact) mass is 405 g/mol. The quantitative estimate of drug-likeness (QED) is 0.565. The lowest BCUT2D eigenvalue weighted by atomic mass is 9.95. The molecule has 0 unspecified atom stereocenters. The number of amides is 1. The molecule has 0 radical (unpaired) electrons. The Balaban J connectivity index is 1.61. The van der Waals surface area contributed by atoms with Gasteiger partial charge in [-0.2, -0.15) is 0 Å². The molecular formula is C17H19N5O5S. The molecule has 1 amide bonds. The molecule has 1 fully saturated rings.